The van der Waals surface area contributed by atoms with Crippen LogP contribution < -0.4 is 10.1 Å². The number of rotatable bonds is 7. The lowest BCUT2D eigenvalue weighted by Crippen LogP contribution is -2.46. The summed E-state index contributed by atoms with van der Waals surface area (Å²) >= 11 is 0. The van der Waals surface area contributed by atoms with Crippen LogP contribution in [0.25, 0.3) is 0 Å². The van der Waals surface area contributed by atoms with E-state index in [9.17, 15) is 22.8 Å². The fourth-order valence-electron chi connectivity index (χ4n) is 4.33. The Balaban J connectivity index is 1.58. The van der Waals surface area contributed by atoms with Gasteiger partial charge in [0.15, 0.2) is 0 Å². The second-order valence-electron chi connectivity index (χ2n) is 7.93. The fourth-order valence-corrected chi connectivity index (χ4v) is 4.33. The summed E-state index contributed by atoms with van der Waals surface area (Å²) in [5, 5.41) is 2.80. The number of hydrogen-bond acceptors (Lipinski definition) is 3. The zero-order valence-corrected chi connectivity index (χ0v) is 16.7. The van der Waals surface area contributed by atoms with Crippen molar-refractivity contribution in [2.24, 2.45) is 11.8 Å². The Morgan fingerprint density at radius 3 is 2.52 bits per heavy atom. The zero-order valence-electron chi connectivity index (χ0n) is 16.7. The molecule has 1 N–H and O–H groups in total. The maximum atomic E-state index is 12.9. The molecule has 1 saturated carbocycles. The minimum absolute atomic E-state index is 0.0499. The fraction of sp³-hybridized carbons (Fsp3) is 0.619. The molecule has 1 aromatic rings. The molecule has 1 aliphatic carbocycles. The van der Waals surface area contributed by atoms with Crippen LogP contribution in [0.15, 0.2) is 24.3 Å². The van der Waals surface area contributed by atoms with Gasteiger partial charge in [-0.3, -0.25) is 9.59 Å². The number of piperidine rings is 1. The molecule has 0 aromatic heterocycles. The number of likely N-dealkylation sites (tertiary alicyclic amines) is 1. The zero-order chi connectivity index (χ0) is 21.2. The highest BCUT2D eigenvalue weighted by Gasteiger charge is 2.58. The second-order valence-corrected chi connectivity index (χ2v) is 7.93. The maximum Gasteiger partial charge on any atom is 0.573 e. The van der Waals surface area contributed by atoms with Gasteiger partial charge in [-0.15, -0.1) is 13.2 Å². The highest BCUT2D eigenvalue weighted by Crippen LogP contribution is 2.59. The van der Waals surface area contributed by atoms with Crippen LogP contribution in [0.2, 0.25) is 0 Å². The van der Waals surface area contributed by atoms with Crippen LogP contribution in [-0.2, 0) is 15.0 Å². The first kappa shape index (κ1) is 21.5. The molecule has 29 heavy (non-hydrogen) atoms. The van der Waals surface area contributed by atoms with Crippen molar-refractivity contribution in [2.75, 3.05) is 19.6 Å². The average molecular weight is 412 g/mol. The highest BCUT2D eigenvalue weighted by atomic mass is 19.4. The number of amides is 2. The molecule has 1 aromatic carbocycles. The normalized spacial score (nSPS) is 24.4. The molecule has 3 rings (SSSR count). The lowest BCUT2D eigenvalue weighted by atomic mass is 9.86. The monoisotopic (exact) mass is 412 g/mol. The van der Waals surface area contributed by atoms with E-state index in [1.807, 2.05) is 11.8 Å². The molecule has 1 saturated heterocycles. The Hall–Kier alpha value is -2.25. The molecule has 3 unspecified atom stereocenters. The van der Waals surface area contributed by atoms with Gasteiger partial charge in [0.2, 0.25) is 11.8 Å². The Morgan fingerprint density at radius 1 is 1.28 bits per heavy atom. The van der Waals surface area contributed by atoms with E-state index in [1.54, 1.807) is 19.1 Å². The summed E-state index contributed by atoms with van der Waals surface area (Å²) in [6, 6.07) is 6.11. The van der Waals surface area contributed by atoms with Crippen LogP contribution >= 0.6 is 0 Å². The van der Waals surface area contributed by atoms with Gasteiger partial charge in [-0.2, -0.15) is 0 Å². The number of carbonyl (C=O) groups excluding carboxylic acids is 2. The minimum Gasteiger partial charge on any atom is -0.406 e. The lowest BCUT2D eigenvalue weighted by Gasteiger charge is -2.34. The van der Waals surface area contributed by atoms with Crippen molar-refractivity contribution >= 4 is 11.8 Å². The number of halogens is 3. The largest absolute Gasteiger partial charge is 0.573 e. The van der Waals surface area contributed by atoms with Crippen molar-refractivity contribution in [3.05, 3.63) is 29.8 Å². The molecule has 0 spiro atoms. The molecule has 1 heterocycles. The quantitative estimate of drug-likeness (QED) is 0.744. The number of carbonyl (C=O) groups is 2. The number of fused-ring (bicyclic) bond motifs is 1. The van der Waals surface area contributed by atoms with Crippen LogP contribution in [0.4, 0.5) is 13.2 Å². The molecule has 8 heteroatoms. The molecule has 0 bridgehead atoms. The second kappa shape index (κ2) is 8.24. The predicted octanol–water partition coefficient (Wildman–Crippen LogP) is 3.63. The number of nitrogens with zero attached hydrogens (tertiary/aromatic N) is 1. The van der Waals surface area contributed by atoms with Crippen LogP contribution in [0, 0.1) is 11.8 Å². The number of ether oxygens (including phenoxy) is 1. The maximum absolute atomic E-state index is 12.9. The van der Waals surface area contributed by atoms with Gasteiger partial charge in [-0.05, 0) is 42.9 Å². The van der Waals surface area contributed by atoms with Crippen molar-refractivity contribution in [1.82, 2.24) is 10.2 Å². The summed E-state index contributed by atoms with van der Waals surface area (Å²) in [5.41, 5.74) is 0.956. The lowest BCUT2D eigenvalue weighted by molar-refractivity contribution is -0.274. The van der Waals surface area contributed by atoms with E-state index in [0.29, 0.717) is 38.4 Å². The first-order chi connectivity index (χ1) is 13.7. The van der Waals surface area contributed by atoms with E-state index >= 15 is 0 Å². The van der Waals surface area contributed by atoms with Gasteiger partial charge in [0.25, 0.3) is 0 Å². The van der Waals surface area contributed by atoms with E-state index in [0.717, 1.165) is 18.4 Å². The number of hydrogen-bond donors (Lipinski definition) is 1. The van der Waals surface area contributed by atoms with Crippen LogP contribution in [-0.4, -0.2) is 42.7 Å². The third-order valence-corrected chi connectivity index (χ3v) is 6.18. The number of benzene rings is 1. The van der Waals surface area contributed by atoms with Gasteiger partial charge in [0.05, 0.1) is 5.92 Å². The van der Waals surface area contributed by atoms with Crippen molar-refractivity contribution in [3.63, 3.8) is 0 Å². The Labute approximate surface area is 168 Å². The van der Waals surface area contributed by atoms with E-state index in [2.05, 4.69) is 10.1 Å². The summed E-state index contributed by atoms with van der Waals surface area (Å²) in [4.78, 5) is 26.2. The molecule has 2 amide bonds. The summed E-state index contributed by atoms with van der Waals surface area (Å²) in [6.07, 6.45) is -1.91. The topological polar surface area (TPSA) is 58.6 Å². The van der Waals surface area contributed by atoms with E-state index in [-0.39, 0.29) is 28.9 Å². The Morgan fingerprint density at radius 2 is 1.97 bits per heavy atom. The molecule has 3 atom stereocenters. The van der Waals surface area contributed by atoms with Crippen LogP contribution in [0.1, 0.15) is 45.1 Å². The first-order valence-corrected chi connectivity index (χ1v) is 10.1. The molecule has 2 aliphatic rings. The molecule has 0 radical (unpaired) electrons. The van der Waals surface area contributed by atoms with Gasteiger partial charge in [0.1, 0.15) is 5.75 Å². The third-order valence-electron chi connectivity index (χ3n) is 6.18. The van der Waals surface area contributed by atoms with Crippen molar-refractivity contribution in [3.8, 4) is 5.75 Å². The van der Waals surface area contributed by atoms with Gasteiger partial charge >= 0.3 is 6.36 Å². The summed E-state index contributed by atoms with van der Waals surface area (Å²) in [7, 11) is 0. The smallest absolute Gasteiger partial charge is 0.406 e. The molecule has 160 valence electrons. The molecule has 2 fully saturated rings. The SMILES string of the molecule is CCC(=O)NCC(CC)C(=O)N1CCC2(c3ccc(OC(F)(F)F)cc3)CC2C1. The summed E-state index contributed by atoms with van der Waals surface area (Å²) < 4.78 is 40.9. The molecular formula is C21H27F3N2O3. The van der Waals surface area contributed by atoms with Gasteiger partial charge in [-0.25, -0.2) is 0 Å². The van der Waals surface area contributed by atoms with E-state index in [4.69, 9.17) is 0 Å². The van der Waals surface area contributed by atoms with Crippen LogP contribution in [0.3, 0.4) is 0 Å². The van der Waals surface area contributed by atoms with Crippen molar-refractivity contribution in [2.45, 2.75) is 51.3 Å². The van der Waals surface area contributed by atoms with E-state index in [1.165, 1.54) is 12.1 Å². The Kier molecular flexibility index (Phi) is 6.10. The first-order valence-electron chi connectivity index (χ1n) is 10.1. The van der Waals surface area contributed by atoms with Gasteiger partial charge in [-0.1, -0.05) is 26.0 Å². The summed E-state index contributed by atoms with van der Waals surface area (Å²) in [6.45, 7) is 5.34. The van der Waals surface area contributed by atoms with Gasteiger partial charge < -0.3 is 15.0 Å². The number of alkyl halides is 3. The van der Waals surface area contributed by atoms with Crippen molar-refractivity contribution in [1.29, 1.82) is 0 Å². The molecule has 1 aliphatic heterocycles. The summed E-state index contributed by atoms with van der Waals surface area (Å²) in [5.74, 6) is -0.123. The molecule has 5 nitrogen and oxygen atoms in total. The minimum atomic E-state index is -4.69. The Bertz CT molecular complexity index is 751. The molecular weight excluding hydrogens is 385 g/mol. The third kappa shape index (κ3) is 4.85. The number of nitrogens with one attached hydrogen (secondary N) is 1. The van der Waals surface area contributed by atoms with Gasteiger partial charge in [0, 0.05) is 31.5 Å². The van der Waals surface area contributed by atoms with Crippen LogP contribution in [0.5, 0.6) is 5.75 Å². The standard InChI is InChI=1S/C21H27F3N2O3/c1-3-14(12-25-18(27)4-2)19(28)26-10-9-20(11-16(20)13-26)15-5-7-17(8-6-15)29-21(22,23)24/h5-8,14,16H,3-4,9-13H2,1-2H3,(H,25,27). The van der Waals surface area contributed by atoms with Crippen molar-refractivity contribution < 1.29 is 27.5 Å². The van der Waals surface area contributed by atoms with E-state index < -0.39 is 6.36 Å². The average Bonchev–Trinajstić information content (AvgIpc) is 3.42. The predicted molar refractivity (Wildman–Crippen MR) is 101 cm³/mol. The highest BCUT2D eigenvalue weighted by molar-refractivity contribution is 5.81.